The predicted molar refractivity (Wildman–Crippen MR) is 164 cm³/mol. The van der Waals surface area contributed by atoms with Crippen LogP contribution in [-0.2, 0) is 0 Å². The Kier molecular flexibility index (Phi) is 4.74. The number of rotatable bonds is 2. The molecular formula is C35H28N4. The highest BCUT2D eigenvalue weighted by Crippen LogP contribution is 2.54. The fourth-order valence-electron chi connectivity index (χ4n) is 6.44. The molecule has 39 heavy (non-hydrogen) atoms. The molecular weight excluding hydrogens is 476 g/mol. The largest absolute Gasteiger partial charge is 0.359 e. The summed E-state index contributed by atoms with van der Waals surface area (Å²) >= 11 is 0. The Balaban J connectivity index is 1.33. The number of benzene rings is 4. The van der Waals surface area contributed by atoms with Gasteiger partial charge in [0.2, 0.25) is 0 Å². The van der Waals surface area contributed by atoms with E-state index in [-0.39, 0.29) is 6.17 Å². The molecule has 8 rings (SSSR count). The van der Waals surface area contributed by atoms with E-state index in [0.29, 0.717) is 0 Å². The second kappa shape index (κ2) is 8.34. The molecule has 3 aliphatic rings. The van der Waals surface area contributed by atoms with Crippen molar-refractivity contribution >= 4 is 53.0 Å². The van der Waals surface area contributed by atoms with Gasteiger partial charge in [0, 0.05) is 44.5 Å². The van der Waals surface area contributed by atoms with Crippen LogP contribution in [0.1, 0.15) is 36.6 Å². The maximum Gasteiger partial charge on any atom is 0.131 e. The fourth-order valence-corrected chi connectivity index (χ4v) is 6.44. The molecule has 5 aromatic rings. The van der Waals surface area contributed by atoms with Crippen LogP contribution in [0.3, 0.4) is 0 Å². The Bertz CT molecular complexity index is 1980. The lowest BCUT2D eigenvalue weighted by Crippen LogP contribution is -2.27. The van der Waals surface area contributed by atoms with E-state index in [1.165, 1.54) is 28.1 Å². The van der Waals surface area contributed by atoms with Gasteiger partial charge >= 0.3 is 0 Å². The molecule has 1 atom stereocenters. The quantitative estimate of drug-likeness (QED) is 0.274. The number of hydrogen-bond donors (Lipinski definition) is 1. The van der Waals surface area contributed by atoms with Crippen LogP contribution in [0.4, 0.5) is 17.1 Å². The molecule has 0 saturated heterocycles. The summed E-state index contributed by atoms with van der Waals surface area (Å²) in [7, 11) is 0. The van der Waals surface area contributed by atoms with Gasteiger partial charge in [0.05, 0.1) is 28.3 Å². The lowest BCUT2D eigenvalue weighted by Gasteiger charge is -2.35. The molecule has 4 heteroatoms. The maximum absolute atomic E-state index is 4.73. The van der Waals surface area contributed by atoms with Crippen LogP contribution in [-0.4, -0.2) is 10.8 Å². The molecule has 1 N–H and O–H groups in total. The lowest BCUT2D eigenvalue weighted by molar-refractivity contribution is 0.819. The van der Waals surface area contributed by atoms with Crippen molar-refractivity contribution in [3.05, 3.63) is 113 Å². The highest BCUT2D eigenvalue weighted by molar-refractivity contribution is 6.00. The zero-order valence-electron chi connectivity index (χ0n) is 21.7. The van der Waals surface area contributed by atoms with E-state index in [1.807, 2.05) is 6.21 Å². The number of allylic oxidation sites excluding steroid dienone is 1. The van der Waals surface area contributed by atoms with Crippen LogP contribution in [0, 0.1) is 0 Å². The van der Waals surface area contributed by atoms with Crippen molar-refractivity contribution in [3.63, 3.8) is 0 Å². The van der Waals surface area contributed by atoms with Gasteiger partial charge < -0.3 is 14.8 Å². The van der Waals surface area contributed by atoms with E-state index in [4.69, 9.17) is 4.99 Å². The Labute approximate surface area is 227 Å². The minimum atomic E-state index is 0.0434. The van der Waals surface area contributed by atoms with Crippen LogP contribution in [0.25, 0.3) is 46.6 Å². The van der Waals surface area contributed by atoms with E-state index < -0.39 is 0 Å². The first kappa shape index (κ1) is 22.2. The second-order valence-electron chi connectivity index (χ2n) is 10.6. The topological polar surface area (TPSA) is 32.6 Å². The van der Waals surface area contributed by atoms with Gasteiger partial charge in [-0.25, -0.2) is 0 Å². The SMILES string of the molecule is C=c1c(=C)n(-c2cccc(C3=CCCCC=N3)c2)c2cc3c(cc12)NC1c2ccccc2-c2ccccc2N31. The van der Waals surface area contributed by atoms with Gasteiger partial charge in [0.1, 0.15) is 6.17 Å². The van der Waals surface area contributed by atoms with Crippen molar-refractivity contribution < 1.29 is 0 Å². The van der Waals surface area contributed by atoms with Crippen molar-refractivity contribution in [1.29, 1.82) is 0 Å². The first-order valence-electron chi connectivity index (χ1n) is 13.6. The summed E-state index contributed by atoms with van der Waals surface area (Å²) < 4.78 is 2.25. The average Bonchev–Trinajstić information content (AvgIpc) is 3.30. The van der Waals surface area contributed by atoms with Crippen LogP contribution in [0.2, 0.25) is 0 Å². The summed E-state index contributed by atoms with van der Waals surface area (Å²) in [6, 6.07) is 30.6. The highest BCUT2D eigenvalue weighted by Gasteiger charge is 2.38. The Morgan fingerprint density at radius 3 is 2.59 bits per heavy atom. The number of aliphatic imine (C=N–C) groups is 1. The third-order valence-electron chi connectivity index (χ3n) is 8.32. The zero-order valence-corrected chi connectivity index (χ0v) is 21.7. The van der Waals surface area contributed by atoms with Crippen LogP contribution in [0.15, 0.2) is 96.0 Å². The standard InChI is InChI=1S/C35H28N4/c1-22-23(2)38(25-12-10-11-24(19-25)30-16-4-3-9-18-36-30)33-21-34-31(20-29(22)33)37-35-28-15-6-5-13-26(28)27-14-7-8-17-32(27)39(34)35/h5-8,10-21,35,37H,1-4,9H2. The first-order valence-corrected chi connectivity index (χ1v) is 13.6. The normalized spacial score (nSPS) is 17.1. The summed E-state index contributed by atoms with van der Waals surface area (Å²) in [6.45, 7) is 8.91. The molecule has 0 fully saturated rings. The van der Waals surface area contributed by atoms with E-state index in [1.54, 1.807) is 0 Å². The van der Waals surface area contributed by atoms with Gasteiger partial charge in [-0.1, -0.05) is 73.8 Å². The Hall–Kier alpha value is -4.83. The van der Waals surface area contributed by atoms with Crippen molar-refractivity contribution in [2.45, 2.75) is 25.4 Å². The minimum absolute atomic E-state index is 0.0434. The first-order chi connectivity index (χ1) is 19.2. The number of para-hydroxylation sites is 1. The molecule has 4 heterocycles. The molecule has 1 aromatic heterocycles. The molecule has 4 nitrogen and oxygen atoms in total. The number of anilines is 3. The monoisotopic (exact) mass is 504 g/mol. The minimum Gasteiger partial charge on any atom is -0.359 e. The molecule has 4 aromatic carbocycles. The van der Waals surface area contributed by atoms with Gasteiger partial charge in [-0.2, -0.15) is 0 Å². The van der Waals surface area contributed by atoms with Crippen molar-refractivity contribution in [2.75, 3.05) is 10.2 Å². The maximum atomic E-state index is 4.73. The molecule has 0 saturated carbocycles. The Morgan fingerprint density at radius 1 is 0.821 bits per heavy atom. The van der Waals surface area contributed by atoms with Crippen molar-refractivity contribution in [1.82, 2.24) is 4.57 Å². The van der Waals surface area contributed by atoms with Crippen LogP contribution < -0.4 is 20.8 Å². The van der Waals surface area contributed by atoms with Crippen LogP contribution in [0.5, 0.6) is 0 Å². The molecule has 0 amide bonds. The zero-order chi connectivity index (χ0) is 26.1. The lowest BCUT2D eigenvalue weighted by atomic mass is 9.91. The van der Waals surface area contributed by atoms with Gasteiger partial charge in [0.25, 0.3) is 0 Å². The van der Waals surface area contributed by atoms with Crippen molar-refractivity contribution in [3.8, 4) is 16.8 Å². The summed E-state index contributed by atoms with van der Waals surface area (Å²) in [5.41, 5.74) is 11.7. The van der Waals surface area contributed by atoms with Crippen molar-refractivity contribution in [2.24, 2.45) is 4.99 Å². The number of nitrogens with one attached hydrogen (secondary N) is 1. The summed E-state index contributed by atoms with van der Waals surface area (Å²) in [5.74, 6) is 0. The molecule has 0 aliphatic carbocycles. The van der Waals surface area contributed by atoms with Gasteiger partial charge in [-0.3, -0.25) is 4.99 Å². The van der Waals surface area contributed by atoms with Gasteiger partial charge in [-0.15, -0.1) is 0 Å². The number of hydrogen-bond acceptors (Lipinski definition) is 3. The van der Waals surface area contributed by atoms with E-state index in [9.17, 15) is 0 Å². The third kappa shape index (κ3) is 3.21. The molecule has 3 aliphatic heterocycles. The van der Waals surface area contributed by atoms with Gasteiger partial charge in [0.15, 0.2) is 0 Å². The number of aromatic nitrogens is 1. The van der Waals surface area contributed by atoms with Crippen LogP contribution >= 0.6 is 0 Å². The molecule has 0 bridgehead atoms. The number of nitrogens with zero attached hydrogens (tertiary/aromatic N) is 3. The molecule has 188 valence electrons. The molecule has 1 unspecified atom stereocenters. The average molecular weight is 505 g/mol. The second-order valence-corrected chi connectivity index (χ2v) is 10.6. The smallest absolute Gasteiger partial charge is 0.131 e. The van der Waals surface area contributed by atoms with E-state index in [2.05, 4.69) is 119 Å². The molecule has 0 spiro atoms. The van der Waals surface area contributed by atoms with Gasteiger partial charge in [-0.05, 0) is 55.2 Å². The summed E-state index contributed by atoms with van der Waals surface area (Å²) in [6.07, 6.45) is 7.56. The third-order valence-corrected chi connectivity index (χ3v) is 8.32. The highest BCUT2D eigenvalue weighted by atomic mass is 15.3. The summed E-state index contributed by atoms with van der Waals surface area (Å²) in [5, 5.41) is 6.80. The summed E-state index contributed by atoms with van der Waals surface area (Å²) in [4.78, 5) is 7.18. The number of fused-ring (bicyclic) bond motifs is 9. The molecule has 0 radical (unpaired) electrons. The predicted octanol–water partition coefficient (Wildman–Crippen LogP) is 7.29. The fraction of sp³-hybridized carbons (Fsp3) is 0.114. The van der Waals surface area contributed by atoms with E-state index in [0.717, 1.165) is 63.4 Å². The Morgan fingerprint density at radius 2 is 1.67 bits per heavy atom. The van der Waals surface area contributed by atoms with E-state index >= 15 is 0 Å².